The molecule has 0 amide bonds. The summed E-state index contributed by atoms with van der Waals surface area (Å²) in [5.74, 6) is -0.0836. The van der Waals surface area contributed by atoms with Gasteiger partial charge in [-0.25, -0.2) is 12.7 Å². The van der Waals surface area contributed by atoms with Crippen LogP contribution in [0.4, 0.5) is 0 Å². The van der Waals surface area contributed by atoms with Gasteiger partial charge in [0.25, 0.3) is 0 Å². The topological polar surface area (TPSA) is 76.1 Å². The van der Waals surface area contributed by atoms with Gasteiger partial charge in [0.1, 0.15) is 0 Å². The van der Waals surface area contributed by atoms with Crippen LogP contribution in [0.5, 0.6) is 0 Å². The number of sulfonamides is 1. The summed E-state index contributed by atoms with van der Waals surface area (Å²) in [5, 5.41) is 9.35. The van der Waals surface area contributed by atoms with Crippen molar-refractivity contribution >= 4 is 10.0 Å². The van der Waals surface area contributed by atoms with E-state index in [4.69, 9.17) is 4.74 Å². The highest BCUT2D eigenvalue weighted by Gasteiger charge is 2.20. The average Bonchev–Trinajstić information content (AvgIpc) is 2.15. The number of nitrogens with zero attached hydrogens (tertiary/aromatic N) is 1. The second-order valence-electron chi connectivity index (χ2n) is 3.20. The number of aliphatic hydroxyl groups excluding tert-OH is 1. The van der Waals surface area contributed by atoms with Gasteiger partial charge < -0.3 is 14.6 Å². The first-order valence-electron chi connectivity index (χ1n) is 4.54. The third kappa shape index (κ3) is 6.06. The van der Waals surface area contributed by atoms with E-state index in [1.807, 2.05) is 0 Å². The molecule has 0 saturated carbocycles. The predicted molar refractivity (Wildman–Crippen MR) is 56.2 cm³/mol. The SMILES string of the molecule is COCCS(=O)(=O)N(C)CC(O)COC. The molecule has 0 aromatic heterocycles. The fraction of sp³-hybridized carbons (Fsp3) is 1.00. The largest absolute Gasteiger partial charge is 0.389 e. The number of methoxy groups -OCH3 is 2. The van der Waals surface area contributed by atoms with E-state index in [-0.39, 0.29) is 25.5 Å². The number of aliphatic hydroxyl groups is 1. The lowest BCUT2D eigenvalue weighted by Crippen LogP contribution is -2.38. The number of rotatable bonds is 8. The summed E-state index contributed by atoms with van der Waals surface area (Å²) in [7, 11) is 0.964. The van der Waals surface area contributed by atoms with E-state index in [1.165, 1.54) is 21.3 Å². The van der Waals surface area contributed by atoms with Crippen LogP contribution < -0.4 is 0 Å². The molecular weight excluding hydrogens is 222 g/mol. The maximum absolute atomic E-state index is 11.5. The zero-order valence-electron chi connectivity index (χ0n) is 9.34. The number of ether oxygens (including phenoxy) is 2. The molecule has 0 radical (unpaired) electrons. The lowest BCUT2D eigenvalue weighted by Gasteiger charge is -2.19. The molecule has 0 spiro atoms. The summed E-state index contributed by atoms with van der Waals surface area (Å²) < 4.78 is 33.5. The summed E-state index contributed by atoms with van der Waals surface area (Å²) in [6.45, 7) is 0.289. The number of hydrogen-bond donors (Lipinski definition) is 1. The van der Waals surface area contributed by atoms with E-state index in [2.05, 4.69) is 4.74 Å². The first-order chi connectivity index (χ1) is 6.94. The maximum Gasteiger partial charge on any atom is 0.216 e. The van der Waals surface area contributed by atoms with Gasteiger partial charge in [0, 0.05) is 27.8 Å². The molecule has 6 nitrogen and oxygen atoms in total. The van der Waals surface area contributed by atoms with Crippen molar-refractivity contribution in [2.24, 2.45) is 0 Å². The van der Waals surface area contributed by atoms with E-state index >= 15 is 0 Å². The molecule has 1 atom stereocenters. The molecule has 0 aliphatic heterocycles. The van der Waals surface area contributed by atoms with Crippen LogP contribution in [0.2, 0.25) is 0 Å². The van der Waals surface area contributed by atoms with Gasteiger partial charge in [0.05, 0.1) is 25.1 Å². The molecule has 0 aliphatic carbocycles. The first kappa shape index (κ1) is 14.8. The van der Waals surface area contributed by atoms with E-state index in [9.17, 15) is 13.5 Å². The third-order valence-electron chi connectivity index (χ3n) is 1.85. The van der Waals surface area contributed by atoms with Crippen LogP contribution in [-0.4, -0.2) is 70.7 Å². The lowest BCUT2D eigenvalue weighted by molar-refractivity contribution is 0.0553. The zero-order chi connectivity index (χ0) is 11.9. The summed E-state index contributed by atoms with van der Waals surface area (Å²) in [6.07, 6.45) is -0.808. The van der Waals surface area contributed by atoms with E-state index in [0.29, 0.717) is 0 Å². The lowest BCUT2D eigenvalue weighted by atomic mass is 10.4. The van der Waals surface area contributed by atoms with Gasteiger partial charge in [-0.3, -0.25) is 0 Å². The van der Waals surface area contributed by atoms with Gasteiger partial charge >= 0.3 is 0 Å². The summed E-state index contributed by atoms with van der Waals surface area (Å²) in [6, 6.07) is 0. The molecule has 0 heterocycles. The predicted octanol–water partition coefficient (Wildman–Crippen LogP) is -1.10. The van der Waals surface area contributed by atoms with Gasteiger partial charge in [0.2, 0.25) is 10.0 Å². The quantitative estimate of drug-likeness (QED) is 0.584. The van der Waals surface area contributed by atoms with Crippen molar-refractivity contribution in [2.75, 3.05) is 46.8 Å². The minimum atomic E-state index is -3.34. The van der Waals surface area contributed by atoms with Crippen LogP contribution in [0.1, 0.15) is 0 Å². The normalized spacial score (nSPS) is 14.5. The Morgan fingerprint density at radius 1 is 1.33 bits per heavy atom. The van der Waals surface area contributed by atoms with Crippen LogP contribution in [-0.2, 0) is 19.5 Å². The Bertz CT molecular complexity index is 254. The Balaban J connectivity index is 4.12. The molecule has 92 valence electrons. The molecule has 0 rings (SSSR count). The molecule has 0 bridgehead atoms. The summed E-state index contributed by atoms with van der Waals surface area (Å²) in [5.41, 5.74) is 0. The van der Waals surface area contributed by atoms with Crippen LogP contribution >= 0.6 is 0 Å². The van der Waals surface area contributed by atoms with E-state index in [0.717, 1.165) is 4.31 Å². The molecule has 15 heavy (non-hydrogen) atoms. The van der Waals surface area contributed by atoms with Crippen LogP contribution in [0.15, 0.2) is 0 Å². The standard InChI is InChI=1S/C8H19NO5S/c1-9(6-8(10)7-14-3)15(11,12)5-4-13-2/h8,10H,4-7H2,1-3H3. The molecule has 1 unspecified atom stereocenters. The van der Waals surface area contributed by atoms with Crippen molar-refractivity contribution in [3.05, 3.63) is 0 Å². The highest BCUT2D eigenvalue weighted by Crippen LogP contribution is 2.00. The highest BCUT2D eigenvalue weighted by atomic mass is 32.2. The molecule has 1 N–H and O–H groups in total. The summed E-state index contributed by atoms with van der Waals surface area (Å²) in [4.78, 5) is 0. The fourth-order valence-electron chi connectivity index (χ4n) is 1.000. The minimum absolute atomic E-state index is 0.0277. The monoisotopic (exact) mass is 241 g/mol. The Morgan fingerprint density at radius 3 is 2.40 bits per heavy atom. The molecule has 0 aromatic rings. The van der Waals surface area contributed by atoms with Crippen molar-refractivity contribution in [3.8, 4) is 0 Å². The second kappa shape index (κ2) is 7.13. The average molecular weight is 241 g/mol. The van der Waals surface area contributed by atoms with Gasteiger partial charge in [-0.05, 0) is 0 Å². The molecule has 0 fully saturated rings. The maximum atomic E-state index is 11.5. The van der Waals surface area contributed by atoms with Gasteiger partial charge in [0.15, 0.2) is 0 Å². The molecular formula is C8H19NO5S. The van der Waals surface area contributed by atoms with Crippen molar-refractivity contribution in [1.82, 2.24) is 4.31 Å². The van der Waals surface area contributed by atoms with Gasteiger partial charge in [-0.1, -0.05) is 0 Å². The molecule has 7 heteroatoms. The third-order valence-corrected chi connectivity index (χ3v) is 3.63. The second-order valence-corrected chi connectivity index (χ2v) is 5.39. The van der Waals surface area contributed by atoms with Gasteiger partial charge in [-0.15, -0.1) is 0 Å². The summed E-state index contributed by atoms with van der Waals surface area (Å²) >= 11 is 0. The van der Waals surface area contributed by atoms with Crippen molar-refractivity contribution < 1.29 is 23.0 Å². The van der Waals surface area contributed by atoms with E-state index < -0.39 is 16.1 Å². The Labute approximate surface area is 90.8 Å². The van der Waals surface area contributed by atoms with Crippen molar-refractivity contribution in [3.63, 3.8) is 0 Å². The number of hydrogen-bond acceptors (Lipinski definition) is 5. The minimum Gasteiger partial charge on any atom is -0.389 e. The van der Waals surface area contributed by atoms with E-state index in [1.54, 1.807) is 0 Å². The van der Waals surface area contributed by atoms with Crippen LogP contribution in [0.3, 0.4) is 0 Å². The van der Waals surface area contributed by atoms with Crippen molar-refractivity contribution in [1.29, 1.82) is 0 Å². The zero-order valence-corrected chi connectivity index (χ0v) is 10.2. The Hall–Kier alpha value is -0.210. The Morgan fingerprint density at radius 2 is 1.93 bits per heavy atom. The Kier molecular flexibility index (Phi) is 7.03. The molecule has 0 aliphatic rings. The van der Waals surface area contributed by atoms with Gasteiger partial charge in [-0.2, -0.15) is 0 Å². The van der Waals surface area contributed by atoms with Crippen LogP contribution in [0, 0.1) is 0 Å². The first-order valence-corrected chi connectivity index (χ1v) is 6.15. The smallest absolute Gasteiger partial charge is 0.216 e. The molecule has 0 saturated heterocycles. The van der Waals surface area contributed by atoms with Crippen molar-refractivity contribution in [2.45, 2.75) is 6.10 Å². The number of likely N-dealkylation sites (N-methyl/N-ethyl adjacent to an activating group) is 1. The molecule has 0 aromatic carbocycles. The fourth-order valence-corrected chi connectivity index (χ4v) is 2.09. The highest BCUT2D eigenvalue weighted by molar-refractivity contribution is 7.89. The van der Waals surface area contributed by atoms with Crippen LogP contribution in [0.25, 0.3) is 0 Å².